The molecule has 0 saturated carbocycles. The van der Waals surface area contributed by atoms with Crippen LogP contribution in [-0.4, -0.2) is 16.0 Å². The number of nitrogens with two attached hydrogens (primary N) is 1. The van der Waals surface area contributed by atoms with Crippen LogP contribution in [-0.2, 0) is 18.6 Å². The van der Waals surface area contributed by atoms with Gasteiger partial charge in [-0.15, -0.1) is 5.10 Å². The van der Waals surface area contributed by atoms with Crippen LogP contribution in [0.5, 0.6) is 0 Å². The molecule has 1 aromatic heterocycles. The van der Waals surface area contributed by atoms with Crippen LogP contribution in [0.15, 0.2) is 35.4 Å². The first-order chi connectivity index (χ1) is 10.2. The Morgan fingerprint density at radius 1 is 1.14 bits per heavy atom. The Hall–Kier alpha value is -1.88. The van der Waals surface area contributed by atoms with Crippen molar-refractivity contribution in [2.45, 2.75) is 37.5 Å². The molecule has 4 nitrogen and oxygen atoms in total. The third-order valence-corrected chi connectivity index (χ3v) is 4.34. The zero-order valence-corrected chi connectivity index (χ0v) is 13.2. The van der Waals surface area contributed by atoms with Gasteiger partial charge in [0.1, 0.15) is 10.9 Å². The minimum absolute atomic E-state index is 0.0759. The van der Waals surface area contributed by atoms with Gasteiger partial charge in [-0.1, -0.05) is 55.9 Å². The molecule has 1 aromatic carbocycles. The highest BCUT2D eigenvalue weighted by Crippen LogP contribution is 2.27. The largest absolute Gasteiger partial charge is 0.384 e. The van der Waals surface area contributed by atoms with Crippen molar-refractivity contribution >= 4 is 17.6 Å². The molecule has 0 aliphatic carbocycles. The molecule has 2 rings (SSSR count). The number of nitrogens with zero attached hydrogens (tertiary/aromatic N) is 2. The quantitative estimate of drug-likeness (QED) is 0.488. The Morgan fingerprint density at radius 3 is 2.43 bits per heavy atom. The first-order valence-electron chi connectivity index (χ1n) is 7.06. The molecule has 5 heteroatoms. The maximum atomic E-state index is 7.87. The fourth-order valence-corrected chi connectivity index (χ4v) is 3.23. The van der Waals surface area contributed by atoms with Crippen molar-refractivity contribution in [3.63, 3.8) is 0 Å². The fraction of sp³-hybridized carbons (Fsp3) is 0.312. The minimum Gasteiger partial charge on any atom is -0.384 e. The average Bonchev–Trinajstić information content (AvgIpc) is 2.52. The number of rotatable bonds is 6. The topological polar surface area (TPSA) is 75.7 Å². The van der Waals surface area contributed by atoms with Gasteiger partial charge in [0.2, 0.25) is 0 Å². The Bertz CT molecular complexity index is 626. The van der Waals surface area contributed by atoms with Crippen LogP contribution < -0.4 is 5.73 Å². The van der Waals surface area contributed by atoms with Gasteiger partial charge in [0, 0.05) is 5.75 Å². The predicted octanol–water partition coefficient (Wildman–Crippen LogP) is 3.18. The number of nitrogens with one attached hydrogen (secondary N) is 1. The maximum Gasteiger partial charge on any atom is 0.130 e. The molecule has 0 radical (unpaired) electrons. The average molecular weight is 300 g/mol. The highest BCUT2D eigenvalue weighted by Gasteiger charge is 2.17. The summed E-state index contributed by atoms with van der Waals surface area (Å²) in [6.07, 6.45) is 1.62. The maximum absolute atomic E-state index is 7.87. The van der Waals surface area contributed by atoms with Crippen molar-refractivity contribution in [2.75, 3.05) is 0 Å². The molecule has 0 amide bonds. The minimum atomic E-state index is 0.0759. The number of aromatic nitrogens is 2. The van der Waals surface area contributed by atoms with Gasteiger partial charge in [0.15, 0.2) is 0 Å². The van der Waals surface area contributed by atoms with Gasteiger partial charge >= 0.3 is 0 Å². The van der Waals surface area contributed by atoms with Crippen LogP contribution in [0.4, 0.5) is 0 Å². The summed E-state index contributed by atoms with van der Waals surface area (Å²) in [6, 6.07) is 10.2. The van der Waals surface area contributed by atoms with Crippen LogP contribution in [0.1, 0.15) is 36.2 Å². The molecule has 0 aliphatic heterocycles. The third kappa shape index (κ3) is 3.61. The van der Waals surface area contributed by atoms with Gasteiger partial charge in [-0.25, -0.2) is 0 Å². The van der Waals surface area contributed by atoms with E-state index in [2.05, 4.69) is 29.3 Å². The number of nitrogen functional groups attached to an aromatic ring is 1. The fourth-order valence-electron chi connectivity index (χ4n) is 2.26. The zero-order chi connectivity index (χ0) is 15.2. The first kappa shape index (κ1) is 15.5. The Morgan fingerprint density at radius 2 is 1.86 bits per heavy atom. The molecule has 0 fully saturated rings. The van der Waals surface area contributed by atoms with Crippen LogP contribution in [0.25, 0.3) is 0 Å². The summed E-state index contributed by atoms with van der Waals surface area (Å²) < 4.78 is 0. The summed E-state index contributed by atoms with van der Waals surface area (Å²) in [5, 5.41) is 17.2. The summed E-state index contributed by atoms with van der Waals surface area (Å²) in [5.74, 6) is 0.872. The van der Waals surface area contributed by atoms with Gasteiger partial charge in [-0.3, -0.25) is 5.41 Å². The lowest BCUT2D eigenvalue weighted by atomic mass is 10.0. The standard InChI is InChI=1S/C16H20N4S/c1-3-12-13(4-2)19-20-16(14(12)15(17)18)21-10-11-8-6-5-7-9-11/h5-9H,3-4,10H2,1-2H3,(H3,17,18). The van der Waals surface area contributed by atoms with Gasteiger partial charge < -0.3 is 5.73 Å². The molecule has 0 unspecified atom stereocenters. The summed E-state index contributed by atoms with van der Waals surface area (Å²) in [4.78, 5) is 0. The smallest absolute Gasteiger partial charge is 0.130 e. The number of thioether (sulfide) groups is 1. The van der Waals surface area contributed by atoms with E-state index in [1.807, 2.05) is 25.1 Å². The zero-order valence-electron chi connectivity index (χ0n) is 12.4. The summed E-state index contributed by atoms with van der Waals surface area (Å²) in [5.41, 5.74) is 9.75. The molecule has 2 aromatic rings. The predicted molar refractivity (Wildman–Crippen MR) is 87.8 cm³/mol. The van der Waals surface area contributed by atoms with Gasteiger partial charge in [-0.2, -0.15) is 5.10 Å². The highest BCUT2D eigenvalue weighted by molar-refractivity contribution is 7.98. The molecule has 110 valence electrons. The van der Waals surface area contributed by atoms with Crippen LogP contribution >= 0.6 is 11.8 Å². The summed E-state index contributed by atoms with van der Waals surface area (Å²) in [7, 11) is 0. The Balaban J connectivity index is 2.32. The first-order valence-corrected chi connectivity index (χ1v) is 8.05. The molecular formula is C16H20N4S. The Kier molecular flexibility index (Phi) is 5.33. The van der Waals surface area contributed by atoms with Gasteiger partial charge in [0.25, 0.3) is 0 Å². The van der Waals surface area contributed by atoms with Crippen molar-refractivity contribution in [3.05, 3.63) is 52.7 Å². The molecule has 3 N–H and O–H groups in total. The van der Waals surface area contributed by atoms with Crippen LogP contribution in [0.3, 0.4) is 0 Å². The lowest BCUT2D eigenvalue weighted by molar-refractivity contribution is 0.819. The van der Waals surface area contributed by atoms with E-state index < -0.39 is 0 Å². The summed E-state index contributed by atoms with van der Waals surface area (Å²) >= 11 is 1.58. The van der Waals surface area contributed by atoms with E-state index in [1.165, 1.54) is 5.56 Å². The third-order valence-electron chi connectivity index (χ3n) is 3.30. The van der Waals surface area contributed by atoms with Crippen molar-refractivity contribution in [1.82, 2.24) is 10.2 Å². The van der Waals surface area contributed by atoms with Crippen molar-refractivity contribution in [1.29, 1.82) is 5.41 Å². The van der Waals surface area contributed by atoms with E-state index in [0.29, 0.717) is 0 Å². The van der Waals surface area contributed by atoms with Crippen molar-refractivity contribution < 1.29 is 0 Å². The summed E-state index contributed by atoms with van der Waals surface area (Å²) in [6.45, 7) is 4.11. The molecule has 21 heavy (non-hydrogen) atoms. The van der Waals surface area contributed by atoms with E-state index in [4.69, 9.17) is 11.1 Å². The molecule has 0 aliphatic rings. The second kappa shape index (κ2) is 7.22. The van der Waals surface area contributed by atoms with Gasteiger partial charge in [0.05, 0.1) is 11.3 Å². The van der Waals surface area contributed by atoms with Crippen LogP contribution in [0, 0.1) is 5.41 Å². The molecular weight excluding hydrogens is 280 g/mol. The Labute approximate surface area is 129 Å². The second-order valence-corrected chi connectivity index (χ2v) is 5.66. The van der Waals surface area contributed by atoms with E-state index in [9.17, 15) is 0 Å². The van der Waals surface area contributed by atoms with E-state index >= 15 is 0 Å². The van der Waals surface area contributed by atoms with Gasteiger partial charge in [-0.05, 0) is 24.0 Å². The van der Waals surface area contributed by atoms with E-state index in [0.717, 1.165) is 40.4 Å². The van der Waals surface area contributed by atoms with E-state index in [-0.39, 0.29) is 5.84 Å². The molecule has 0 spiro atoms. The number of aryl methyl sites for hydroxylation is 1. The molecule has 1 heterocycles. The highest BCUT2D eigenvalue weighted by atomic mass is 32.2. The normalized spacial score (nSPS) is 10.6. The SMILES string of the molecule is CCc1nnc(SCc2ccccc2)c(C(=N)N)c1CC. The molecule has 0 bridgehead atoms. The number of benzene rings is 1. The van der Waals surface area contributed by atoms with Crippen molar-refractivity contribution in [3.8, 4) is 0 Å². The number of amidine groups is 1. The molecule has 0 atom stereocenters. The van der Waals surface area contributed by atoms with Crippen molar-refractivity contribution in [2.24, 2.45) is 5.73 Å². The number of hydrogen-bond donors (Lipinski definition) is 2. The monoisotopic (exact) mass is 300 g/mol. The number of hydrogen-bond acceptors (Lipinski definition) is 4. The van der Waals surface area contributed by atoms with Crippen LogP contribution in [0.2, 0.25) is 0 Å². The second-order valence-electron chi connectivity index (χ2n) is 4.70. The molecule has 0 saturated heterocycles. The lowest BCUT2D eigenvalue weighted by Gasteiger charge is -2.13. The van der Waals surface area contributed by atoms with E-state index in [1.54, 1.807) is 11.8 Å². The lowest BCUT2D eigenvalue weighted by Crippen LogP contribution is -2.18.